The number of nitrogens with two attached hydrogens (primary N) is 1. The average Bonchev–Trinajstić information content (AvgIpc) is 3.45. The number of halogens is 1. The van der Waals surface area contributed by atoms with Crippen LogP contribution in [0.5, 0.6) is 0 Å². The van der Waals surface area contributed by atoms with Gasteiger partial charge in [0, 0.05) is 24.7 Å². The summed E-state index contributed by atoms with van der Waals surface area (Å²) in [5, 5.41) is 1.16. The van der Waals surface area contributed by atoms with Crippen molar-refractivity contribution in [3.05, 3.63) is 49.6 Å². The van der Waals surface area contributed by atoms with Gasteiger partial charge in [-0.3, -0.25) is 19.1 Å². The van der Waals surface area contributed by atoms with Gasteiger partial charge in [-0.05, 0) is 31.0 Å². The number of nitrogens with one attached hydrogen (secondary N) is 1. The van der Waals surface area contributed by atoms with Gasteiger partial charge < -0.3 is 15.0 Å². The smallest absolute Gasteiger partial charge is 0.330 e. The van der Waals surface area contributed by atoms with Crippen LogP contribution in [-0.4, -0.2) is 44.4 Å². The Morgan fingerprint density at radius 2 is 2.17 bits per heavy atom. The van der Waals surface area contributed by atoms with Gasteiger partial charge in [0.15, 0.2) is 10.9 Å². The van der Waals surface area contributed by atoms with E-state index in [2.05, 4.69) is 9.97 Å². The molecule has 2 aromatic heterocycles. The highest BCUT2D eigenvalue weighted by Gasteiger charge is 2.30. The molecule has 0 saturated heterocycles. The standard InChI is InChI=1S/C19H20ClN5O4S/c1-29-7-6-24-13-5-2-10(20)8-12(13)22-19(24)30-9-14(26)15-16(21)25(11-3-4-11)18(28)23-17(15)27/h2,5,8,11H,3-4,6-7,9,21H2,1H3,(H,23,27,28). The number of nitrogens with zero attached hydrogens (tertiary/aromatic N) is 3. The molecular formula is C19H20ClN5O4S. The molecule has 0 unspecified atom stereocenters. The van der Waals surface area contributed by atoms with E-state index in [1.807, 2.05) is 10.6 Å². The fraction of sp³-hybridized carbons (Fsp3) is 0.368. The number of carbonyl (C=O) groups is 1. The van der Waals surface area contributed by atoms with Crippen molar-refractivity contribution in [1.82, 2.24) is 19.1 Å². The Morgan fingerprint density at radius 1 is 1.40 bits per heavy atom. The van der Waals surface area contributed by atoms with E-state index in [9.17, 15) is 14.4 Å². The van der Waals surface area contributed by atoms with Crippen LogP contribution >= 0.6 is 23.4 Å². The maximum atomic E-state index is 12.8. The Bertz CT molecular complexity index is 1240. The number of anilines is 1. The Balaban J connectivity index is 1.63. The van der Waals surface area contributed by atoms with Crippen molar-refractivity contribution in [2.75, 3.05) is 25.2 Å². The monoisotopic (exact) mass is 449 g/mol. The summed E-state index contributed by atoms with van der Waals surface area (Å²) in [4.78, 5) is 43.9. The molecule has 9 nitrogen and oxygen atoms in total. The summed E-state index contributed by atoms with van der Waals surface area (Å²) in [5.41, 5.74) is 6.07. The highest BCUT2D eigenvalue weighted by atomic mass is 35.5. The molecule has 0 bridgehead atoms. The number of thioether (sulfide) groups is 1. The number of carbonyl (C=O) groups excluding carboxylic acids is 1. The van der Waals surface area contributed by atoms with Gasteiger partial charge in [0.05, 0.1) is 23.4 Å². The minimum Gasteiger partial charge on any atom is -0.384 e. The lowest BCUT2D eigenvalue weighted by molar-refractivity contribution is 0.102. The van der Waals surface area contributed by atoms with Gasteiger partial charge in [-0.1, -0.05) is 23.4 Å². The van der Waals surface area contributed by atoms with E-state index in [0.717, 1.165) is 18.4 Å². The molecule has 1 aliphatic carbocycles. The fourth-order valence-corrected chi connectivity index (χ4v) is 4.40. The third kappa shape index (κ3) is 3.90. The normalized spacial score (nSPS) is 13.8. The molecule has 3 aromatic rings. The molecule has 30 heavy (non-hydrogen) atoms. The zero-order valence-electron chi connectivity index (χ0n) is 16.2. The van der Waals surface area contributed by atoms with Crippen LogP contribution in [0.25, 0.3) is 11.0 Å². The Morgan fingerprint density at radius 3 is 2.87 bits per heavy atom. The average molecular weight is 450 g/mol. The molecular weight excluding hydrogens is 430 g/mol. The summed E-state index contributed by atoms with van der Waals surface area (Å²) in [6, 6.07) is 5.33. The van der Waals surface area contributed by atoms with Crippen LogP contribution in [0.4, 0.5) is 5.82 Å². The maximum absolute atomic E-state index is 12.8. The quantitative estimate of drug-likeness (QED) is 0.398. The van der Waals surface area contributed by atoms with Gasteiger partial charge in [-0.25, -0.2) is 9.78 Å². The highest BCUT2D eigenvalue weighted by molar-refractivity contribution is 7.99. The Labute approximate surface area is 180 Å². The first-order valence-corrected chi connectivity index (χ1v) is 10.7. The predicted octanol–water partition coefficient (Wildman–Crippen LogP) is 2.08. The summed E-state index contributed by atoms with van der Waals surface area (Å²) in [6.45, 7) is 1.01. The van der Waals surface area contributed by atoms with Crippen molar-refractivity contribution in [2.45, 2.75) is 30.6 Å². The minimum absolute atomic E-state index is 0.0554. The molecule has 0 spiro atoms. The molecule has 0 radical (unpaired) electrons. The molecule has 1 aromatic carbocycles. The lowest BCUT2D eigenvalue weighted by Gasteiger charge is -2.11. The zero-order chi connectivity index (χ0) is 21.4. The molecule has 1 aliphatic rings. The largest absolute Gasteiger partial charge is 0.384 e. The van der Waals surface area contributed by atoms with Crippen molar-refractivity contribution in [3.63, 3.8) is 0 Å². The second kappa shape index (κ2) is 8.29. The van der Waals surface area contributed by atoms with Crippen LogP contribution in [0, 0.1) is 0 Å². The van der Waals surface area contributed by atoms with E-state index < -0.39 is 17.0 Å². The first-order valence-electron chi connectivity index (χ1n) is 9.35. The number of nitrogen functional groups attached to an aromatic ring is 1. The van der Waals surface area contributed by atoms with Crippen molar-refractivity contribution in [1.29, 1.82) is 0 Å². The Hall–Kier alpha value is -2.56. The van der Waals surface area contributed by atoms with E-state index >= 15 is 0 Å². The summed E-state index contributed by atoms with van der Waals surface area (Å²) in [7, 11) is 1.61. The van der Waals surface area contributed by atoms with Crippen LogP contribution in [0.15, 0.2) is 32.9 Å². The van der Waals surface area contributed by atoms with Crippen molar-refractivity contribution in [2.24, 2.45) is 0 Å². The molecule has 158 valence electrons. The first kappa shape index (κ1) is 20.7. The topological polar surface area (TPSA) is 125 Å². The van der Waals surface area contributed by atoms with E-state index in [-0.39, 0.29) is 23.2 Å². The number of imidazole rings is 1. The molecule has 4 rings (SSSR count). The SMILES string of the molecule is COCCn1c(SCC(=O)c2c(N)n(C3CC3)c(=O)[nH]c2=O)nc2cc(Cl)ccc21. The van der Waals surface area contributed by atoms with Gasteiger partial charge in [0.1, 0.15) is 11.4 Å². The molecule has 1 fully saturated rings. The Kier molecular flexibility index (Phi) is 5.72. The second-order valence-corrected chi connectivity index (χ2v) is 8.38. The number of aromatic nitrogens is 4. The van der Waals surface area contributed by atoms with Crippen LogP contribution in [0.3, 0.4) is 0 Å². The van der Waals surface area contributed by atoms with Gasteiger partial charge in [0.2, 0.25) is 0 Å². The van der Waals surface area contributed by atoms with E-state index in [1.165, 1.54) is 16.3 Å². The molecule has 2 heterocycles. The van der Waals surface area contributed by atoms with Crippen LogP contribution in [-0.2, 0) is 11.3 Å². The fourth-order valence-electron chi connectivity index (χ4n) is 3.32. The second-order valence-electron chi connectivity index (χ2n) is 7.00. The van der Waals surface area contributed by atoms with Gasteiger partial charge in [-0.2, -0.15) is 0 Å². The summed E-state index contributed by atoms with van der Waals surface area (Å²) >= 11 is 7.26. The number of H-pyrrole nitrogens is 1. The van der Waals surface area contributed by atoms with Crippen molar-refractivity contribution in [3.8, 4) is 0 Å². The molecule has 0 atom stereocenters. The number of fused-ring (bicyclic) bond motifs is 1. The summed E-state index contributed by atoms with van der Waals surface area (Å²) in [5.74, 6) is -0.590. The van der Waals surface area contributed by atoms with E-state index in [0.29, 0.717) is 28.8 Å². The molecule has 0 amide bonds. The van der Waals surface area contributed by atoms with Crippen molar-refractivity contribution < 1.29 is 9.53 Å². The number of rotatable bonds is 8. The lowest BCUT2D eigenvalue weighted by Crippen LogP contribution is -2.36. The third-order valence-electron chi connectivity index (χ3n) is 4.90. The van der Waals surface area contributed by atoms with Crippen LogP contribution in [0.2, 0.25) is 5.02 Å². The number of hydrogen-bond donors (Lipinski definition) is 2. The van der Waals surface area contributed by atoms with Crippen LogP contribution < -0.4 is 17.0 Å². The molecule has 1 saturated carbocycles. The van der Waals surface area contributed by atoms with Gasteiger partial charge >= 0.3 is 5.69 Å². The number of Topliss-reactive ketones (excluding diaryl/α,β-unsaturated/α-hetero) is 1. The van der Waals surface area contributed by atoms with E-state index in [4.69, 9.17) is 22.1 Å². The number of aromatic amines is 1. The maximum Gasteiger partial charge on any atom is 0.330 e. The van der Waals surface area contributed by atoms with Crippen molar-refractivity contribution >= 4 is 46.0 Å². The number of benzene rings is 1. The number of methoxy groups -OCH3 is 1. The van der Waals surface area contributed by atoms with E-state index in [1.54, 1.807) is 19.2 Å². The minimum atomic E-state index is -0.764. The third-order valence-corrected chi connectivity index (χ3v) is 6.11. The lowest BCUT2D eigenvalue weighted by atomic mass is 10.2. The predicted molar refractivity (Wildman–Crippen MR) is 116 cm³/mol. The number of ketones is 1. The molecule has 11 heteroatoms. The van der Waals surface area contributed by atoms with Gasteiger partial charge in [-0.15, -0.1) is 0 Å². The van der Waals surface area contributed by atoms with Crippen LogP contribution in [0.1, 0.15) is 29.2 Å². The number of ether oxygens (including phenoxy) is 1. The molecule has 3 N–H and O–H groups in total. The summed E-state index contributed by atoms with van der Waals surface area (Å²) < 4.78 is 8.41. The first-order chi connectivity index (χ1) is 14.4. The zero-order valence-corrected chi connectivity index (χ0v) is 17.8. The summed E-state index contributed by atoms with van der Waals surface area (Å²) in [6.07, 6.45) is 1.59. The van der Waals surface area contributed by atoms with Gasteiger partial charge in [0.25, 0.3) is 5.56 Å². The number of hydrogen-bond acceptors (Lipinski definition) is 7. The highest BCUT2D eigenvalue weighted by Crippen LogP contribution is 2.35. The molecule has 0 aliphatic heterocycles.